The lowest BCUT2D eigenvalue weighted by molar-refractivity contribution is -0.140. The highest BCUT2D eigenvalue weighted by Crippen LogP contribution is 2.26. The van der Waals surface area contributed by atoms with Gasteiger partial charge in [0.05, 0.1) is 20.1 Å². The number of hydrogen-bond acceptors (Lipinski definition) is 4. The molecule has 110 valence electrons. The van der Waals surface area contributed by atoms with E-state index in [0.29, 0.717) is 25.6 Å². The lowest BCUT2D eigenvalue weighted by Crippen LogP contribution is -2.19. The number of halogens is 1. The highest BCUT2D eigenvalue weighted by Gasteiger charge is 2.33. The van der Waals surface area contributed by atoms with Gasteiger partial charge in [0.2, 0.25) is 0 Å². The topological polar surface area (TPSA) is 44.8 Å². The standard InChI is InChI=1S/C15H19IO4/c1-18-13-4-2-11(3-5-13)10-19-7-6-12-8-15(17)20-14(12)9-16/h2-5,12,14H,6-10H2,1H3/t12-,14+/m0/s1. The molecule has 1 aliphatic rings. The van der Waals surface area contributed by atoms with Crippen molar-refractivity contribution in [1.29, 1.82) is 0 Å². The number of alkyl halides is 1. The number of carbonyl (C=O) groups is 1. The Bertz CT molecular complexity index is 432. The average molecular weight is 390 g/mol. The van der Waals surface area contributed by atoms with Gasteiger partial charge in [0.25, 0.3) is 0 Å². The summed E-state index contributed by atoms with van der Waals surface area (Å²) in [7, 11) is 1.65. The molecule has 5 heteroatoms. The maximum atomic E-state index is 11.3. The summed E-state index contributed by atoms with van der Waals surface area (Å²) >= 11 is 2.26. The molecule has 1 aliphatic heterocycles. The molecule has 0 N–H and O–H groups in total. The number of benzene rings is 1. The molecule has 0 saturated carbocycles. The maximum absolute atomic E-state index is 11.3. The Hall–Kier alpha value is -0.820. The van der Waals surface area contributed by atoms with Crippen molar-refractivity contribution in [1.82, 2.24) is 0 Å². The molecule has 1 saturated heterocycles. The predicted molar refractivity (Wildman–Crippen MR) is 84.1 cm³/mol. The number of ether oxygens (including phenoxy) is 3. The normalized spacial score (nSPS) is 21.8. The summed E-state index contributed by atoms with van der Waals surface area (Å²) in [6, 6.07) is 7.84. The first-order valence-corrected chi connectivity index (χ1v) is 8.21. The van der Waals surface area contributed by atoms with Crippen LogP contribution in [0.2, 0.25) is 0 Å². The van der Waals surface area contributed by atoms with E-state index in [2.05, 4.69) is 22.6 Å². The summed E-state index contributed by atoms with van der Waals surface area (Å²) in [5.74, 6) is 1.07. The Labute approximate surface area is 132 Å². The Morgan fingerprint density at radius 3 is 2.75 bits per heavy atom. The number of esters is 1. The largest absolute Gasteiger partial charge is 0.497 e. The van der Waals surface area contributed by atoms with E-state index >= 15 is 0 Å². The molecule has 4 nitrogen and oxygen atoms in total. The zero-order valence-corrected chi connectivity index (χ0v) is 13.7. The van der Waals surface area contributed by atoms with Crippen molar-refractivity contribution in [3.05, 3.63) is 29.8 Å². The van der Waals surface area contributed by atoms with Crippen LogP contribution in [0, 0.1) is 5.92 Å². The first kappa shape index (κ1) is 15.6. The second kappa shape index (κ2) is 7.83. The highest BCUT2D eigenvalue weighted by molar-refractivity contribution is 14.1. The van der Waals surface area contributed by atoms with E-state index in [-0.39, 0.29) is 12.1 Å². The molecular formula is C15H19IO4. The summed E-state index contributed by atoms with van der Waals surface area (Å²) in [5.41, 5.74) is 1.12. The van der Waals surface area contributed by atoms with Crippen LogP contribution in [0.4, 0.5) is 0 Å². The van der Waals surface area contributed by atoms with Crippen molar-refractivity contribution in [3.63, 3.8) is 0 Å². The van der Waals surface area contributed by atoms with Gasteiger partial charge in [-0.3, -0.25) is 4.79 Å². The van der Waals surface area contributed by atoms with Gasteiger partial charge < -0.3 is 14.2 Å². The van der Waals surface area contributed by atoms with Crippen molar-refractivity contribution in [2.45, 2.75) is 25.6 Å². The Balaban J connectivity index is 1.69. The van der Waals surface area contributed by atoms with Gasteiger partial charge >= 0.3 is 5.97 Å². The van der Waals surface area contributed by atoms with Crippen molar-refractivity contribution in [2.75, 3.05) is 18.1 Å². The van der Waals surface area contributed by atoms with Gasteiger partial charge in [-0.2, -0.15) is 0 Å². The average Bonchev–Trinajstić information content (AvgIpc) is 2.84. The molecule has 20 heavy (non-hydrogen) atoms. The summed E-state index contributed by atoms with van der Waals surface area (Å²) in [5, 5.41) is 0. The van der Waals surface area contributed by atoms with Gasteiger partial charge in [0, 0.05) is 17.0 Å². The van der Waals surface area contributed by atoms with Crippen LogP contribution in [0.15, 0.2) is 24.3 Å². The minimum absolute atomic E-state index is 0.0627. The zero-order chi connectivity index (χ0) is 14.4. The fourth-order valence-electron chi connectivity index (χ4n) is 2.25. The lowest BCUT2D eigenvalue weighted by Gasteiger charge is -2.14. The van der Waals surface area contributed by atoms with Crippen LogP contribution in [0.25, 0.3) is 0 Å². The fourth-order valence-corrected chi connectivity index (χ4v) is 3.15. The van der Waals surface area contributed by atoms with E-state index in [0.717, 1.165) is 22.2 Å². The predicted octanol–water partition coefficient (Wildman–Crippen LogP) is 2.97. The van der Waals surface area contributed by atoms with E-state index in [1.54, 1.807) is 7.11 Å². The highest BCUT2D eigenvalue weighted by atomic mass is 127. The van der Waals surface area contributed by atoms with Crippen molar-refractivity contribution in [3.8, 4) is 5.75 Å². The van der Waals surface area contributed by atoms with E-state index in [1.807, 2.05) is 24.3 Å². The van der Waals surface area contributed by atoms with Crippen LogP contribution in [0.5, 0.6) is 5.75 Å². The van der Waals surface area contributed by atoms with Crippen LogP contribution in [-0.4, -0.2) is 30.2 Å². The summed E-state index contributed by atoms with van der Waals surface area (Å²) in [4.78, 5) is 11.3. The van der Waals surface area contributed by atoms with Gasteiger partial charge in [-0.25, -0.2) is 0 Å². The number of rotatable bonds is 7. The molecule has 1 aromatic rings. The number of carbonyl (C=O) groups excluding carboxylic acids is 1. The van der Waals surface area contributed by atoms with Crippen molar-refractivity contribution in [2.24, 2.45) is 5.92 Å². The van der Waals surface area contributed by atoms with Crippen molar-refractivity contribution < 1.29 is 19.0 Å². The van der Waals surface area contributed by atoms with Crippen molar-refractivity contribution >= 4 is 28.6 Å². The second-order valence-corrected chi connectivity index (χ2v) is 5.72. The molecule has 0 aliphatic carbocycles. The van der Waals surface area contributed by atoms with E-state index < -0.39 is 0 Å². The van der Waals surface area contributed by atoms with Gasteiger partial charge in [0.1, 0.15) is 11.9 Å². The molecular weight excluding hydrogens is 371 g/mol. The molecule has 1 aromatic carbocycles. The van der Waals surface area contributed by atoms with Crippen LogP contribution >= 0.6 is 22.6 Å². The molecule has 1 fully saturated rings. The fraction of sp³-hybridized carbons (Fsp3) is 0.533. The Kier molecular flexibility index (Phi) is 6.09. The molecule has 0 amide bonds. The molecule has 2 rings (SSSR count). The molecule has 0 spiro atoms. The van der Waals surface area contributed by atoms with Gasteiger partial charge in [-0.05, 0) is 24.1 Å². The maximum Gasteiger partial charge on any atom is 0.306 e. The minimum Gasteiger partial charge on any atom is -0.497 e. The monoisotopic (exact) mass is 390 g/mol. The molecule has 2 atom stereocenters. The van der Waals surface area contributed by atoms with Gasteiger partial charge in [-0.15, -0.1) is 0 Å². The SMILES string of the molecule is COc1ccc(COCC[C@H]2CC(=O)O[C@@H]2CI)cc1. The van der Waals surface area contributed by atoms with Gasteiger partial charge in [0.15, 0.2) is 0 Å². The lowest BCUT2D eigenvalue weighted by atomic mass is 9.99. The van der Waals surface area contributed by atoms with Crippen LogP contribution in [-0.2, 0) is 20.9 Å². The van der Waals surface area contributed by atoms with Crippen LogP contribution < -0.4 is 4.74 Å². The minimum atomic E-state index is -0.0770. The third-order valence-electron chi connectivity index (χ3n) is 3.45. The quantitative estimate of drug-likeness (QED) is 0.311. The number of cyclic esters (lactones) is 1. The first-order valence-electron chi connectivity index (χ1n) is 6.69. The van der Waals surface area contributed by atoms with E-state index in [4.69, 9.17) is 14.2 Å². The number of methoxy groups -OCH3 is 1. The smallest absolute Gasteiger partial charge is 0.306 e. The summed E-state index contributed by atoms with van der Waals surface area (Å²) in [6.45, 7) is 1.24. The molecule has 0 bridgehead atoms. The van der Waals surface area contributed by atoms with Crippen LogP contribution in [0.1, 0.15) is 18.4 Å². The summed E-state index contributed by atoms with van der Waals surface area (Å²) < 4.78 is 16.9. The second-order valence-electron chi connectivity index (χ2n) is 4.84. The number of hydrogen-bond donors (Lipinski definition) is 0. The Morgan fingerprint density at radius 1 is 1.35 bits per heavy atom. The molecule has 0 radical (unpaired) electrons. The third kappa shape index (κ3) is 4.34. The van der Waals surface area contributed by atoms with E-state index in [1.165, 1.54) is 0 Å². The van der Waals surface area contributed by atoms with Crippen LogP contribution in [0.3, 0.4) is 0 Å². The molecule has 1 heterocycles. The Morgan fingerprint density at radius 2 is 2.10 bits per heavy atom. The molecule has 0 unspecified atom stereocenters. The summed E-state index contributed by atoms with van der Waals surface area (Å²) in [6.07, 6.45) is 1.46. The third-order valence-corrected chi connectivity index (χ3v) is 4.32. The molecule has 0 aromatic heterocycles. The zero-order valence-electron chi connectivity index (χ0n) is 11.5. The first-order chi connectivity index (χ1) is 9.72. The van der Waals surface area contributed by atoms with Gasteiger partial charge in [-0.1, -0.05) is 34.7 Å². The van der Waals surface area contributed by atoms with E-state index in [9.17, 15) is 4.79 Å².